The molecule has 0 radical (unpaired) electrons. The van der Waals surface area contributed by atoms with Crippen LogP contribution in [0.25, 0.3) is 0 Å². The maximum absolute atomic E-state index is 10.8. The van der Waals surface area contributed by atoms with Gasteiger partial charge in [0.25, 0.3) is 0 Å². The van der Waals surface area contributed by atoms with Gasteiger partial charge in [0.1, 0.15) is 40.3 Å². The average Bonchev–Trinajstić information content (AvgIpc) is 2.78. The van der Waals surface area contributed by atoms with Crippen LogP contribution in [-0.4, -0.2) is 25.5 Å². The number of phenolic OH excluding ortho intramolecular Hbond substituents is 5. The van der Waals surface area contributed by atoms with Gasteiger partial charge < -0.3 is 30.3 Å². The van der Waals surface area contributed by atoms with Crippen molar-refractivity contribution in [3.05, 3.63) is 81.6 Å². The second-order valence-corrected chi connectivity index (χ2v) is 9.22. The van der Waals surface area contributed by atoms with E-state index in [4.69, 9.17) is 4.74 Å². The molecule has 1 heterocycles. The normalized spacial score (nSPS) is 17.4. The first kappa shape index (κ1) is 23.4. The van der Waals surface area contributed by atoms with Gasteiger partial charge in [-0.1, -0.05) is 19.9 Å². The SMILES string of the molecule is CCC1(C)C(C)=C(C)Oc2cc(O)c(Cc3cc(Cc4ccc(O)cc4O)c(O)cc3O)cc21. The Morgan fingerprint density at radius 2 is 1.26 bits per heavy atom. The van der Waals surface area contributed by atoms with Gasteiger partial charge in [-0.15, -0.1) is 0 Å². The maximum atomic E-state index is 10.8. The number of allylic oxidation sites excluding steroid dienone is 2. The lowest BCUT2D eigenvalue weighted by atomic mass is 9.71. The molecule has 1 atom stereocenters. The van der Waals surface area contributed by atoms with Gasteiger partial charge in [-0.05, 0) is 66.3 Å². The highest BCUT2D eigenvalue weighted by atomic mass is 16.5. The number of ether oxygens (including phenoxy) is 1. The highest BCUT2D eigenvalue weighted by Crippen LogP contribution is 2.48. The van der Waals surface area contributed by atoms with Gasteiger partial charge in [0, 0.05) is 42.0 Å². The van der Waals surface area contributed by atoms with Crippen LogP contribution in [0.2, 0.25) is 0 Å². The molecular weight excluding hydrogens is 432 g/mol. The van der Waals surface area contributed by atoms with Crippen molar-refractivity contribution in [2.75, 3.05) is 0 Å². The van der Waals surface area contributed by atoms with Gasteiger partial charge in [0.15, 0.2) is 0 Å². The fraction of sp³-hybridized carbons (Fsp3) is 0.286. The molecule has 0 saturated carbocycles. The van der Waals surface area contributed by atoms with Crippen molar-refractivity contribution in [2.24, 2.45) is 0 Å². The molecular formula is C28H30O6. The van der Waals surface area contributed by atoms with Gasteiger partial charge in [-0.2, -0.15) is 0 Å². The minimum absolute atomic E-state index is 0.0527. The Bertz CT molecular complexity index is 1310. The van der Waals surface area contributed by atoms with Gasteiger partial charge in [-0.25, -0.2) is 0 Å². The molecule has 178 valence electrons. The Kier molecular flexibility index (Phi) is 5.86. The van der Waals surface area contributed by atoms with Crippen LogP contribution in [0.4, 0.5) is 0 Å². The molecule has 5 N–H and O–H groups in total. The van der Waals surface area contributed by atoms with E-state index in [-0.39, 0.29) is 47.0 Å². The third-order valence-corrected chi connectivity index (χ3v) is 7.21. The summed E-state index contributed by atoms with van der Waals surface area (Å²) in [6.45, 7) is 8.27. The summed E-state index contributed by atoms with van der Waals surface area (Å²) in [7, 11) is 0. The molecule has 1 unspecified atom stereocenters. The van der Waals surface area contributed by atoms with Crippen molar-refractivity contribution in [1.29, 1.82) is 0 Å². The standard InChI is InChI=1S/C28H30O6/c1-5-28(4)15(2)16(3)34-27-14-26(33)20(11-22(27)28)10-19-9-18(24(31)13-25(19)32)8-17-6-7-21(29)12-23(17)30/h6-7,9,11-14,29-33H,5,8,10H2,1-4H3. The van der Waals surface area contributed by atoms with Crippen LogP contribution in [0.15, 0.2) is 53.8 Å². The molecule has 0 fully saturated rings. The fourth-order valence-electron chi connectivity index (χ4n) is 4.63. The molecule has 1 aliphatic rings. The average molecular weight is 463 g/mol. The number of rotatable bonds is 5. The second kappa shape index (κ2) is 8.52. The summed E-state index contributed by atoms with van der Waals surface area (Å²) in [6.07, 6.45) is 1.30. The van der Waals surface area contributed by atoms with Crippen LogP contribution in [0.3, 0.4) is 0 Å². The molecule has 3 aromatic carbocycles. The van der Waals surface area contributed by atoms with Crippen LogP contribution < -0.4 is 4.74 Å². The summed E-state index contributed by atoms with van der Waals surface area (Å²) < 4.78 is 5.97. The zero-order chi connectivity index (χ0) is 24.8. The van der Waals surface area contributed by atoms with Crippen molar-refractivity contribution < 1.29 is 30.3 Å². The minimum Gasteiger partial charge on any atom is -0.508 e. The Hall–Kier alpha value is -3.80. The van der Waals surface area contributed by atoms with Crippen LogP contribution in [0, 0.1) is 0 Å². The molecule has 0 aliphatic carbocycles. The number of hydrogen-bond acceptors (Lipinski definition) is 6. The summed E-state index contributed by atoms with van der Waals surface area (Å²) in [5.41, 5.74) is 4.07. The Morgan fingerprint density at radius 3 is 1.88 bits per heavy atom. The van der Waals surface area contributed by atoms with Crippen molar-refractivity contribution in [1.82, 2.24) is 0 Å². The fourth-order valence-corrected chi connectivity index (χ4v) is 4.63. The number of fused-ring (bicyclic) bond motifs is 1. The number of phenols is 5. The first-order valence-electron chi connectivity index (χ1n) is 11.3. The van der Waals surface area contributed by atoms with Crippen LogP contribution in [0.5, 0.6) is 34.5 Å². The number of hydrogen-bond donors (Lipinski definition) is 5. The van der Waals surface area contributed by atoms with Crippen molar-refractivity contribution >= 4 is 0 Å². The Balaban J connectivity index is 1.72. The topological polar surface area (TPSA) is 110 Å². The van der Waals surface area contributed by atoms with Crippen LogP contribution >= 0.6 is 0 Å². The Labute approximate surface area is 199 Å². The minimum atomic E-state index is -0.237. The molecule has 3 aromatic rings. The van der Waals surface area contributed by atoms with Gasteiger partial charge >= 0.3 is 0 Å². The van der Waals surface area contributed by atoms with Crippen molar-refractivity contribution in [3.8, 4) is 34.5 Å². The summed E-state index contributed by atoms with van der Waals surface area (Å²) in [6, 6.07) is 10.8. The molecule has 0 spiro atoms. The van der Waals surface area contributed by atoms with Crippen LogP contribution in [0.1, 0.15) is 61.9 Å². The molecule has 4 rings (SSSR count). The molecule has 0 amide bonds. The Morgan fingerprint density at radius 1 is 0.706 bits per heavy atom. The monoisotopic (exact) mass is 462 g/mol. The first-order valence-corrected chi connectivity index (χ1v) is 11.3. The highest BCUT2D eigenvalue weighted by molar-refractivity contribution is 5.57. The lowest BCUT2D eigenvalue weighted by Gasteiger charge is -2.37. The molecule has 6 nitrogen and oxygen atoms in total. The van der Waals surface area contributed by atoms with E-state index < -0.39 is 0 Å². The predicted molar refractivity (Wildman–Crippen MR) is 130 cm³/mol. The van der Waals surface area contributed by atoms with E-state index >= 15 is 0 Å². The number of aromatic hydroxyl groups is 5. The molecule has 0 bridgehead atoms. The predicted octanol–water partition coefficient (Wildman–Crippen LogP) is 5.75. The summed E-state index contributed by atoms with van der Waals surface area (Å²) >= 11 is 0. The molecule has 0 saturated heterocycles. The van der Waals surface area contributed by atoms with Gasteiger partial charge in [0.05, 0.1) is 0 Å². The third-order valence-electron chi connectivity index (χ3n) is 7.21. The van der Waals surface area contributed by atoms with E-state index in [1.807, 2.05) is 13.0 Å². The number of benzene rings is 3. The smallest absolute Gasteiger partial charge is 0.134 e. The van der Waals surface area contributed by atoms with E-state index in [1.54, 1.807) is 18.2 Å². The first-order chi connectivity index (χ1) is 16.0. The van der Waals surface area contributed by atoms with Gasteiger partial charge in [-0.3, -0.25) is 0 Å². The van der Waals surface area contributed by atoms with E-state index in [0.29, 0.717) is 28.0 Å². The zero-order valence-electron chi connectivity index (χ0n) is 19.8. The second-order valence-electron chi connectivity index (χ2n) is 9.22. The molecule has 1 aliphatic heterocycles. The molecule has 6 heteroatoms. The highest BCUT2D eigenvalue weighted by Gasteiger charge is 2.36. The summed E-state index contributed by atoms with van der Waals surface area (Å²) in [4.78, 5) is 0. The van der Waals surface area contributed by atoms with E-state index in [9.17, 15) is 25.5 Å². The lowest BCUT2D eigenvalue weighted by molar-refractivity contribution is 0.351. The van der Waals surface area contributed by atoms with Crippen molar-refractivity contribution in [2.45, 2.75) is 52.4 Å². The quantitative estimate of drug-likeness (QED) is 0.330. The summed E-state index contributed by atoms with van der Waals surface area (Å²) in [5, 5.41) is 51.3. The van der Waals surface area contributed by atoms with E-state index in [0.717, 1.165) is 23.3 Å². The van der Waals surface area contributed by atoms with Gasteiger partial charge in [0.2, 0.25) is 0 Å². The molecule has 34 heavy (non-hydrogen) atoms. The van der Waals surface area contributed by atoms with E-state index in [2.05, 4.69) is 20.8 Å². The zero-order valence-corrected chi connectivity index (χ0v) is 19.8. The third kappa shape index (κ3) is 4.00. The lowest BCUT2D eigenvalue weighted by Crippen LogP contribution is -2.29. The van der Waals surface area contributed by atoms with Crippen LogP contribution in [-0.2, 0) is 18.3 Å². The van der Waals surface area contributed by atoms with Crippen molar-refractivity contribution in [3.63, 3.8) is 0 Å². The largest absolute Gasteiger partial charge is 0.508 e. The maximum Gasteiger partial charge on any atom is 0.134 e. The van der Waals surface area contributed by atoms with E-state index in [1.165, 1.54) is 18.2 Å². The molecule has 0 aromatic heterocycles. The summed E-state index contributed by atoms with van der Waals surface area (Å²) in [5.74, 6) is 1.20.